The van der Waals surface area contributed by atoms with Crippen molar-refractivity contribution in [3.63, 3.8) is 0 Å². The molecule has 1 aromatic heterocycles. The third kappa shape index (κ3) is 2.74. The van der Waals surface area contributed by atoms with E-state index in [-0.39, 0.29) is 5.84 Å². The maximum Gasteiger partial charge on any atom is 0.141 e. The van der Waals surface area contributed by atoms with Crippen LogP contribution >= 0.6 is 0 Å². The van der Waals surface area contributed by atoms with E-state index in [0.717, 1.165) is 31.6 Å². The molecule has 1 aliphatic rings. The van der Waals surface area contributed by atoms with Crippen LogP contribution < -0.4 is 10.6 Å². The quantitative estimate of drug-likeness (QED) is 0.520. The monoisotopic (exact) mass is 234 g/mol. The van der Waals surface area contributed by atoms with Gasteiger partial charge in [0.25, 0.3) is 0 Å². The summed E-state index contributed by atoms with van der Waals surface area (Å²) in [7, 11) is 0. The summed E-state index contributed by atoms with van der Waals surface area (Å²) in [6.45, 7) is 3.53. The Morgan fingerprint density at radius 1 is 1.47 bits per heavy atom. The number of aliphatic hydroxyl groups is 1. The first-order valence-electron chi connectivity index (χ1n) is 5.76. The van der Waals surface area contributed by atoms with Crippen molar-refractivity contribution >= 4 is 11.5 Å². The van der Waals surface area contributed by atoms with Gasteiger partial charge in [-0.3, -0.25) is 10.4 Å². The molecule has 0 spiro atoms. The molecule has 1 aromatic rings. The Kier molecular flexibility index (Phi) is 3.02. The van der Waals surface area contributed by atoms with Crippen molar-refractivity contribution in [2.75, 3.05) is 18.0 Å². The lowest BCUT2D eigenvalue weighted by molar-refractivity contribution is 0.0351. The minimum Gasteiger partial charge on any atom is -0.390 e. The first-order chi connectivity index (χ1) is 7.98. The smallest absolute Gasteiger partial charge is 0.141 e. The second-order valence-corrected chi connectivity index (χ2v) is 4.80. The topological polar surface area (TPSA) is 86.2 Å². The number of nitrogens with zero attached hydrogens (tertiary/aromatic N) is 2. The van der Waals surface area contributed by atoms with Crippen LogP contribution in [-0.2, 0) is 0 Å². The fraction of sp³-hybridized carbons (Fsp3) is 0.500. The summed E-state index contributed by atoms with van der Waals surface area (Å²) in [5.74, 6) is -0.0156. The lowest BCUT2D eigenvalue weighted by Gasteiger charge is -2.36. The van der Waals surface area contributed by atoms with E-state index < -0.39 is 5.60 Å². The van der Waals surface area contributed by atoms with Crippen LogP contribution in [0.15, 0.2) is 18.3 Å². The summed E-state index contributed by atoms with van der Waals surface area (Å²) in [6.07, 6.45) is 3.26. The van der Waals surface area contributed by atoms with Crippen molar-refractivity contribution < 1.29 is 5.11 Å². The number of nitrogens with two attached hydrogens (primary N) is 1. The van der Waals surface area contributed by atoms with Crippen LogP contribution in [0.25, 0.3) is 0 Å². The summed E-state index contributed by atoms with van der Waals surface area (Å²) in [6, 6.07) is 3.67. The molecule has 5 nitrogen and oxygen atoms in total. The first kappa shape index (κ1) is 11.9. The van der Waals surface area contributed by atoms with Crippen LogP contribution in [0.1, 0.15) is 25.5 Å². The highest BCUT2D eigenvalue weighted by Crippen LogP contribution is 2.25. The van der Waals surface area contributed by atoms with Gasteiger partial charge in [0.1, 0.15) is 11.5 Å². The molecule has 2 heterocycles. The lowest BCUT2D eigenvalue weighted by atomic mass is 9.94. The van der Waals surface area contributed by atoms with E-state index in [4.69, 9.17) is 11.1 Å². The molecule has 0 aliphatic carbocycles. The molecule has 0 atom stereocenters. The molecule has 0 amide bonds. The molecule has 1 aliphatic heterocycles. The fourth-order valence-corrected chi connectivity index (χ4v) is 1.98. The summed E-state index contributed by atoms with van der Waals surface area (Å²) < 4.78 is 0. The van der Waals surface area contributed by atoms with Crippen molar-refractivity contribution in [3.8, 4) is 0 Å². The van der Waals surface area contributed by atoms with Crippen LogP contribution in [-0.4, -0.2) is 34.6 Å². The highest BCUT2D eigenvalue weighted by atomic mass is 16.3. The number of nitrogens with one attached hydrogen (secondary N) is 1. The van der Waals surface area contributed by atoms with Crippen molar-refractivity contribution in [2.24, 2.45) is 5.73 Å². The normalized spacial score (nSPS) is 19.1. The molecule has 0 radical (unpaired) electrons. The van der Waals surface area contributed by atoms with Crippen LogP contribution in [0.3, 0.4) is 0 Å². The van der Waals surface area contributed by atoms with E-state index in [9.17, 15) is 5.11 Å². The predicted molar refractivity (Wildman–Crippen MR) is 67.3 cm³/mol. The maximum absolute atomic E-state index is 9.87. The van der Waals surface area contributed by atoms with E-state index in [0.29, 0.717) is 5.69 Å². The molecule has 0 saturated carbocycles. The molecule has 1 fully saturated rings. The fourth-order valence-electron chi connectivity index (χ4n) is 1.98. The lowest BCUT2D eigenvalue weighted by Crippen LogP contribution is -2.42. The van der Waals surface area contributed by atoms with Crippen molar-refractivity contribution in [2.45, 2.75) is 25.4 Å². The summed E-state index contributed by atoms with van der Waals surface area (Å²) in [5.41, 5.74) is 6.33. The first-order valence-corrected chi connectivity index (χ1v) is 5.76. The number of rotatable bonds is 2. The molecule has 17 heavy (non-hydrogen) atoms. The Hall–Kier alpha value is -1.62. The number of anilines is 1. The van der Waals surface area contributed by atoms with Gasteiger partial charge in [0.05, 0.1) is 17.5 Å². The number of hydrogen-bond acceptors (Lipinski definition) is 4. The van der Waals surface area contributed by atoms with E-state index in [1.807, 2.05) is 13.0 Å². The summed E-state index contributed by atoms with van der Waals surface area (Å²) in [4.78, 5) is 6.33. The second kappa shape index (κ2) is 4.33. The summed E-state index contributed by atoms with van der Waals surface area (Å²) >= 11 is 0. The molecular weight excluding hydrogens is 216 g/mol. The zero-order valence-corrected chi connectivity index (χ0v) is 9.98. The second-order valence-electron chi connectivity index (χ2n) is 4.80. The highest BCUT2D eigenvalue weighted by molar-refractivity contribution is 5.93. The molecule has 1 saturated heterocycles. The Morgan fingerprint density at radius 2 is 2.12 bits per heavy atom. The molecule has 0 aromatic carbocycles. The minimum absolute atomic E-state index is 0.0156. The zero-order valence-electron chi connectivity index (χ0n) is 9.98. The van der Waals surface area contributed by atoms with E-state index in [1.165, 1.54) is 0 Å². The molecule has 4 N–H and O–H groups in total. The average molecular weight is 234 g/mol. The SMILES string of the molecule is CC1(O)CCN(c2ccc(C(=N)N)nc2)CC1. The van der Waals surface area contributed by atoms with Gasteiger partial charge in [-0.25, -0.2) is 0 Å². The zero-order chi connectivity index (χ0) is 12.5. The van der Waals surface area contributed by atoms with Gasteiger partial charge in [-0.05, 0) is 31.9 Å². The third-order valence-corrected chi connectivity index (χ3v) is 3.23. The van der Waals surface area contributed by atoms with Gasteiger partial charge >= 0.3 is 0 Å². The maximum atomic E-state index is 9.87. The molecule has 0 unspecified atom stereocenters. The molecule has 5 heteroatoms. The Balaban J connectivity index is 2.06. The third-order valence-electron chi connectivity index (χ3n) is 3.23. The van der Waals surface area contributed by atoms with Gasteiger partial charge in [-0.1, -0.05) is 0 Å². The molecule has 92 valence electrons. The Morgan fingerprint density at radius 3 is 2.59 bits per heavy atom. The largest absolute Gasteiger partial charge is 0.390 e. The molecular formula is C12H18N4O. The van der Waals surface area contributed by atoms with Gasteiger partial charge in [-0.15, -0.1) is 0 Å². The predicted octanol–water partition coefficient (Wildman–Crippen LogP) is 0.717. The summed E-state index contributed by atoms with van der Waals surface area (Å²) in [5, 5.41) is 17.1. The van der Waals surface area contributed by atoms with Gasteiger partial charge in [0.15, 0.2) is 0 Å². The molecule has 2 rings (SSSR count). The molecule has 0 bridgehead atoms. The number of piperidine rings is 1. The van der Waals surface area contributed by atoms with E-state index >= 15 is 0 Å². The van der Waals surface area contributed by atoms with E-state index in [2.05, 4.69) is 9.88 Å². The van der Waals surface area contributed by atoms with E-state index in [1.54, 1.807) is 12.3 Å². The van der Waals surface area contributed by atoms with Gasteiger partial charge in [-0.2, -0.15) is 0 Å². The standard InChI is InChI=1S/C12H18N4O/c1-12(17)4-6-16(7-5-12)9-2-3-10(11(13)14)15-8-9/h2-3,8,17H,4-7H2,1H3,(H3,13,14). The van der Waals surface area contributed by atoms with Crippen LogP contribution in [0.5, 0.6) is 0 Å². The van der Waals surface area contributed by atoms with Crippen molar-refractivity contribution in [1.29, 1.82) is 5.41 Å². The Labute approximate surface area is 101 Å². The number of amidine groups is 1. The number of nitrogen functional groups attached to an aromatic ring is 1. The van der Waals surface area contributed by atoms with Gasteiger partial charge in [0.2, 0.25) is 0 Å². The van der Waals surface area contributed by atoms with Gasteiger partial charge in [0, 0.05) is 13.1 Å². The van der Waals surface area contributed by atoms with Crippen LogP contribution in [0, 0.1) is 5.41 Å². The average Bonchev–Trinajstić information content (AvgIpc) is 2.29. The number of pyridine rings is 1. The minimum atomic E-state index is -0.538. The number of hydrogen-bond donors (Lipinski definition) is 3. The number of aromatic nitrogens is 1. The highest BCUT2D eigenvalue weighted by Gasteiger charge is 2.27. The van der Waals surface area contributed by atoms with Crippen molar-refractivity contribution in [1.82, 2.24) is 4.98 Å². The van der Waals surface area contributed by atoms with Gasteiger partial charge < -0.3 is 15.7 Å². The van der Waals surface area contributed by atoms with Crippen molar-refractivity contribution in [3.05, 3.63) is 24.0 Å². The van der Waals surface area contributed by atoms with Crippen LogP contribution in [0.4, 0.5) is 5.69 Å². The van der Waals surface area contributed by atoms with Crippen LogP contribution in [0.2, 0.25) is 0 Å². The Bertz CT molecular complexity index is 403.